The number of amides is 1. The molecule has 0 bridgehead atoms. The van der Waals surface area contributed by atoms with Crippen LogP contribution in [-0.2, 0) is 11.3 Å². The van der Waals surface area contributed by atoms with Gasteiger partial charge in [-0.1, -0.05) is 5.16 Å². The van der Waals surface area contributed by atoms with Gasteiger partial charge in [-0.2, -0.15) is 0 Å². The van der Waals surface area contributed by atoms with Crippen molar-refractivity contribution in [2.24, 2.45) is 0 Å². The zero-order valence-corrected chi connectivity index (χ0v) is 13.0. The Hall–Kier alpha value is -1.18. The zero-order chi connectivity index (χ0) is 13.8. The topological polar surface area (TPSA) is 58.4 Å². The number of aryl methyl sites for hydroxylation is 1. The van der Waals surface area contributed by atoms with Crippen LogP contribution >= 0.6 is 27.3 Å². The summed E-state index contributed by atoms with van der Waals surface area (Å²) < 4.78 is 5.98. The summed E-state index contributed by atoms with van der Waals surface area (Å²) >= 11 is 5.09. The number of anilines is 1. The number of hydrogen-bond donors (Lipinski definition) is 1. The van der Waals surface area contributed by atoms with Gasteiger partial charge in [0.05, 0.1) is 10.3 Å². The first-order valence-corrected chi connectivity index (χ1v) is 7.30. The summed E-state index contributed by atoms with van der Waals surface area (Å²) in [4.78, 5) is 14.9. The lowest BCUT2D eigenvalue weighted by Crippen LogP contribution is -2.29. The molecule has 5 nitrogen and oxygen atoms in total. The third kappa shape index (κ3) is 4.45. The molecule has 19 heavy (non-hydrogen) atoms. The highest BCUT2D eigenvalue weighted by Gasteiger charge is 2.10. The van der Waals surface area contributed by atoms with Crippen LogP contribution in [0, 0.1) is 6.92 Å². The van der Waals surface area contributed by atoms with E-state index in [4.69, 9.17) is 4.52 Å². The largest absolute Gasteiger partial charge is 0.360 e. The molecule has 0 aliphatic carbocycles. The molecule has 1 N–H and O–H groups in total. The minimum atomic E-state index is -0.105. The van der Waals surface area contributed by atoms with Crippen LogP contribution in [0.25, 0.3) is 0 Å². The Morgan fingerprint density at radius 1 is 1.58 bits per heavy atom. The number of nitrogens with one attached hydrogen (secondary N) is 1. The highest BCUT2D eigenvalue weighted by molar-refractivity contribution is 9.11. The fraction of sp³-hybridized carbons (Fsp3) is 0.333. The molecule has 0 unspecified atom stereocenters. The number of halogens is 1. The van der Waals surface area contributed by atoms with Gasteiger partial charge in [-0.05, 0) is 42.0 Å². The average Bonchev–Trinajstić information content (AvgIpc) is 2.87. The van der Waals surface area contributed by atoms with Crippen LogP contribution in [-0.4, -0.2) is 29.6 Å². The molecular formula is C12H14BrN3O2S. The zero-order valence-electron chi connectivity index (χ0n) is 10.6. The van der Waals surface area contributed by atoms with E-state index < -0.39 is 0 Å². The van der Waals surface area contributed by atoms with Crippen molar-refractivity contribution in [3.05, 3.63) is 32.6 Å². The van der Waals surface area contributed by atoms with Gasteiger partial charge in [-0.15, -0.1) is 11.3 Å². The second-order valence-electron chi connectivity index (χ2n) is 4.25. The number of carbonyl (C=O) groups excluding carboxylic acids is 1. The molecule has 0 fully saturated rings. The number of thiophene rings is 1. The number of aromatic nitrogens is 1. The van der Waals surface area contributed by atoms with E-state index in [-0.39, 0.29) is 5.91 Å². The summed E-state index contributed by atoms with van der Waals surface area (Å²) in [6.45, 7) is 2.83. The highest BCUT2D eigenvalue weighted by atomic mass is 79.9. The molecule has 0 saturated carbocycles. The Labute approximate surface area is 123 Å². The molecule has 0 aliphatic rings. The second-order valence-corrected chi connectivity index (χ2v) is 6.80. The molecule has 0 aliphatic heterocycles. The van der Waals surface area contributed by atoms with Crippen molar-refractivity contribution in [2.45, 2.75) is 13.5 Å². The summed E-state index contributed by atoms with van der Waals surface area (Å²) in [6, 6.07) is 5.74. The fourth-order valence-electron chi connectivity index (χ4n) is 1.61. The molecule has 1 amide bonds. The van der Waals surface area contributed by atoms with E-state index in [9.17, 15) is 4.79 Å². The molecule has 0 saturated heterocycles. The molecule has 2 aromatic heterocycles. The Bertz CT molecular complexity index is 567. The third-order valence-electron chi connectivity index (χ3n) is 2.36. The first-order valence-electron chi connectivity index (χ1n) is 5.69. The third-order valence-corrected chi connectivity index (χ3v) is 3.97. The van der Waals surface area contributed by atoms with Gasteiger partial charge >= 0.3 is 0 Å². The molecule has 0 aromatic carbocycles. The molecule has 2 rings (SSSR count). The lowest BCUT2D eigenvalue weighted by molar-refractivity contribution is -0.117. The van der Waals surface area contributed by atoms with Crippen molar-refractivity contribution in [3.63, 3.8) is 0 Å². The molecular weight excluding hydrogens is 330 g/mol. The van der Waals surface area contributed by atoms with Gasteiger partial charge in [0.1, 0.15) is 5.76 Å². The lowest BCUT2D eigenvalue weighted by Gasteiger charge is -2.14. The van der Waals surface area contributed by atoms with Crippen LogP contribution in [0.3, 0.4) is 0 Å². The summed E-state index contributed by atoms with van der Waals surface area (Å²) in [5.41, 5.74) is 0. The summed E-state index contributed by atoms with van der Waals surface area (Å²) in [6.07, 6.45) is 0. The van der Waals surface area contributed by atoms with Crippen LogP contribution < -0.4 is 5.32 Å². The molecule has 7 heteroatoms. The Morgan fingerprint density at radius 3 is 2.95 bits per heavy atom. The standard InChI is InChI=1S/C12H14BrN3O2S/c1-8-5-11(15-18-8)14-12(17)7-16(2)6-9-3-4-10(13)19-9/h3-5H,6-7H2,1-2H3,(H,14,15,17). The minimum absolute atomic E-state index is 0.105. The van der Waals surface area contributed by atoms with Crippen molar-refractivity contribution < 1.29 is 9.32 Å². The van der Waals surface area contributed by atoms with E-state index in [0.29, 0.717) is 18.1 Å². The fourth-order valence-corrected chi connectivity index (χ4v) is 3.17. The van der Waals surface area contributed by atoms with Crippen molar-refractivity contribution in [2.75, 3.05) is 18.9 Å². The molecule has 102 valence electrons. The Kier molecular flexibility index (Phi) is 4.73. The molecule has 0 spiro atoms. The molecule has 2 heterocycles. The van der Waals surface area contributed by atoms with Gasteiger partial charge in [0.25, 0.3) is 0 Å². The van der Waals surface area contributed by atoms with E-state index in [1.54, 1.807) is 24.3 Å². The predicted molar refractivity (Wildman–Crippen MR) is 78.2 cm³/mol. The normalized spacial score (nSPS) is 10.9. The van der Waals surface area contributed by atoms with Crippen LogP contribution in [0.15, 0.2) is 26.5 Å². The molecule has 0 radical (unpaired) electrons. The highest BCUT2D eigenvalue weighted by Crippen LogP contribution is 2.22. The monoisotopic (exact) mass is 343 g/mol. The van der Waals surface area contributed by atoms with Gasteiger partial charge in [0.15, 0.2) is 5.82 Å². The molecule has 2 aromatic rings. The maximum Gasteiger partial charge on any atom is 0.239 e. The van der Waals surface area contributed by atoms with E-state index in [0.717, 1.165) is 10.3 Å². The summed E-state index contributed by atoms with van der Waals surface area (Å²) in [5, 5.41) is 6.41. The SMILES string of the molecule is Cc1cc(NC(=O)CN(C)Cc2ccc(Br)s2)no1. The van der Waals surface area contributed by atoms with Crippen LogP contribution in [0.5, 0.6) is 0 Å². The number of rotatable bonds is 5. The lowest BCUT2D eigenvalue weighted by atomic mass is 10.4. The quantitative estimate of drug-likeness (QED) is 0.906. The maximum atomic E-state index is 11.8. The van der Waals surface area contributed by atoms with Gasteiger partial charge in [-0.25, -0.2) is 0 Å². The number of hydrogen-bond acceptors (Lipinski definition) is 5. The van der Waals surface area contributed by atoms with Crippen molar-refractivity contribution in [1.82, 2.24) is 10.1 Å². The second kappa shape index (κ2) is 6.31. The van der Waals surface area contributed by atoms with Crippen molar-refractivity contribution in [3.8, 4) is 0 Å². The van der Waals surface area contributed by atoms with Gasteiger partial charge < -0.3 is 9.84 Å². The Balaban J connectivity index is 1.81. The summed E-state index contributed by atoms with van der Waals surface area (Å²) in [5.74, 6) is 1.02. The van der Waals surface area contributed by atoms with Crippen LogP contribution in [0.1, 0.15) is 10.6 Å². The first-order chi connectivity index (χ1) is 9.02. The van der Waals surface area contributed by atoms with E-state index in [1.807, 2.05) is 24.1 Å². The van der Waals surface area contributed by atoms with Crippen molar-refractivity contribution in [1.29, 1.82) is 0 Å². The maximum absolute atomic E-state index is 11.8. The first kappa shape index (κ1) is 14.2. The van der Waals surface area contributed by atoms with Gasteiger partial charge in [-0.3, -0.25) is 9.69 Å². The van der Waals surface area contributed by atoms with Crippen LogP contribution in [0.4, 0.5) is 5.82 Å². The van der Waals surface area contributed by atoms with Crippen LogP contribution in [0.2, 0.25) is 0 Å². The number of likely N-dealkylation sites (N-methyl/N-ethyl adjacent to an activating group) is 1. The smallest absolute Gasteiger partial charge is 0.239 e. The van der Waals surface area contributed by atoms with Gasteiger partial charge in [0, 0.05) is 17.5 Å². The van der Waals surface area contributed by atoms with E-state index in [2.05, 4.69) is 26.4 Å². The summed E-state index contributed by atoms with van der Waals surface area (Å²) in [7, 11) is 1.90. The number of nitrogens with zero attached hydrogens (tertiary/aromatic N) is 2. The minimum Gasteiger partial charge on any atom is -0.360 e. The van der Waals surface area contributed by atoms with Gasteiger partial charge in [0.2, 0.25) is 5.91 Å². The van der Waals surface area contributed by atoms with E-state index in [1.165, 1.54) is 4.88 Å². The van der Waals surface area contributed by atoms with E-state index >= 15 is 0 Å². The van der Waals surface area contributed by atoms with Crippen molar-refractivity contribution >= 4 is 39.0 Å². The number of carbonyl (C=O) groups is 1. The predicted octanol–water partition coefficient (Wildman–Crippen LogP) is 2.88. The Morgan fingerprint density at radius 2 is 2.37 bits per heavy atom. The molecule has 0 atom stereocenters. The average molecular weight is 344 g/mol.